The van der Waals surface area contributed by atoms with Gasteiger partial charge in [-0.1, -0.05) is 47.6 Å². The minimum atomic E-state index is 0.584. The van der Waals surface area contributed by atoms with Gasteiger partial charge in [0.2, 0.25) is 5.88 Å². The number of benzene rings is 1. The number of methoxy groups -OCH3 is 1. The Kier molecular flexibility index (Phi) is 5.99. The lowest BCUT2D eigenvalue weighted by Gasteiger charge is -2.37. The van der Waals surface area contributed by atoms with Gasteiger partial charge in [-0.25, -0.2) is 4.98 Å². The molecule has 1 saturated heterocycles. The third kappa shape index (κ3) is 4.35. The van der Waals surface area contributed by atoms with Crippen molar-refractivity contribution in [2.45, 2.75) is 6.42 Å². The van der Waals surface area contributed by atoms with E-state index in [1.807, 2.05) is 30.3 Å². The van der Waals surface area contributed by atoms with E-state index in [1.165, 1.54) is 0 Å². The van der Waals surface area contributed by atoms with E-state index >= 15 is 0 Å². The van der Waals surface area contributed by atoms with Crippen molar-refractivity contribution in [2.24, 2.45) is 0 Å². The van der Waals surface area contributed by atoms with Gasteiger partial charge in [0.05, 0.1) is 33.5 Å². The number of anilines is 1. The van der Waals surface area contributed by atoms with Gasteiger partial charge in [-0.05, 0) is 18.2 Å². The molecule has 1 fully saturated rings. The Morgan fingerprint density at radius 3 is 2.56 bits per heavy atom. The van der Waals surface area contributed by atoms with Crippen LogP contribution >= 0.6 is 35.4 Å². The number of hydrogen-bond donors (Lipinski definition) is 0. The maximum Gasteiger partial charge on any atom is 0.213 e. The molecule has 4 nitrogen and oxygen atoms in total. The summed E-state index contributed by atoms with van der Waals surface area (Å²) < 4.78 is 5.17. The quantitative estimate of drug-likeness (QED) is 0.727. The first-order chi connectivity index (χ1) is 12.1. The Morgan fingerprint density at radius 1 is 1.12 bits per heavy atom. The summed E-state index contributed by atoms with van der Waals surface area (Å²) in [4.78, 5) is 9.81. The average molecular weight is 396 g/mol. The molecule has 0 unspecified atom stereocenters. The molecule has 0 saturated carbocycles. The van der Waals surface area contributed by atoms with Crippen LogP contribution in [0, 0.1) is 0 Å². The second-order valence-electron chi connectivity index (χ2n) is 5.79. The third-order valence-corrected chi connectivity index (χ3v) is 5.44. The Hall–Kier alpha value is -1.56. The molecule has 0 radical (unpaired) electrons. The van der Waals surface area contributed by atoms with Gasteiger partial charge in [0.15, 0.2) is 0 Å². The summed E-state index contributed by atoms with van der Waals surface area (Å²) in [5.74, 6) is 0.612. The molecule has 0 amide bonds. The number of hydrogen-bond acceptors (Lipinski definition) is 4. The molecule has 0 atom stereocenters. The molecule has 0 bridgehead atoms. The van der Waals surface area contributed by atoms with Gasteiger partial charge in [0.25, 0.3) is 0 Å². The van der Waals surface area contributed by atoms with Crippen molar-refractivity contribution in [3.8, 4) is 5.88 Å². The Bertz CT molecular complexity index is 764. The number of ether oxygens (including phenoxy) is 1. The van der Waals surface area contributed by atoms with E-state index in [1.54, 1.807) is 13.2 Å². The summed E-state index contributed by atoms with van der Waals surface area (Å²) in [6, 6.07) is 11.5. The highest BCUT2D eigenvalue weighted by Crippen LogP contribution is 2.32. The minimum absolute atomic E-state index is 0.584. The number of halogens is 2. The van der Waals surface area contributed by atoms with Crippen LogP contribution in [0.1, 0.15) is 5.69 Å². The largest absolute Gasteiger partial charge is 0.481 e. The van der Waals surface area contributed by atoms with Crippen LogP contribution in [0.5, 0.6) is 5.88 Å². The summed E-state index contributed by atoms with van der Waals surface area (Å²) in [6.07, 6.45) is 0.643. The molecule has 0 N–H and O–H groups in total. The minimum Gasteiger partial charge on any atom is -0.481 e. The molecule has 1 aromatic heterocycles. The number of thiocarbonyl (C=S) groups is 1. The van der Waals surface area contributed by atoms with E-state index in [-0.39, 0.29) is 0 Å². The predicted molar refractivity (Wildman–Crippen MR) is 107 cm³/mol. The summed E-state index contributed by atoms with van der Waals surface area (Å²) in [5, 5.41) is 1.20. The molecular formula is C18H19Cl2N3OS. The molecule has 25 heavy (non-hydrogen) atoms. The smallest absolute Gasteiger partial charge is 0.213 e. The van der Waals surface area contributed by atoms with Crippen molar-refractivity contribution >= 4 is 46.1 Å². The first kappa shape index (κ1) is 18.2. The molecule has 1 aromatic carbocycles. The van der Waals surface area contributed by atoms with Crippen LogP contribution in [0.2, 0.25) is 10.0 Å². The van der Waals surface area contributed by atoms with E-state index in [0.717, 1.165) is 42.5 Å². The van der Waals surface area contributed by atoms with E-state index in [2.05, 4.69) is 14.8 Å². The lowest BCUT2D eigenvalue weighted by Crippen LogP contribution is -2.48. The van der Waals surface area contributed by atoms with Crippen molar-refractivity contribution in [2.75, 3.05) is 38.2 Å². The molecule has 3 rings (SSSR count). The monoisotopic (exact) mass is 395 g/mol. The number of pyridine rings is 1. The molecule has 0 aliphatic carbocycles. The molecule has 7 heteroatoms. The van der Waals surface area contributed by atoms with Crippen LogP contribution in [0.15, 0.2) is 36.4 Å². The first-order valence-electron chi connectivity index (χ1n) is 8.05. The zero-order chi connectivity index (χ0) is 17.8. The topological polar surface area (TPSA) is 28.6 Å². The second kappa shape index (κ2) is 8.21. The zero-order valence-corrected chi connectivity index (χ0v) is 16.2. The van der Waals surface area contributed by atoms with Crippen molar-refractivity contribution in [1.29, 1.82) is 0 Å². The highest BCUT2D eigenvalue weighted by atomic mass is 35.5. The molecule has 1 aliphatic heterocycles. The predicted octanol–water partition coefficient (Wildman–Crippen LogP) is 4.09. The van der Waals surface area contributed by atoms with Crippen LogP contribution in [-0.2, 0) is 6.42 Å². The Morgan fingerprint density at radius 2 is 1.84 bits per heavy atom. The maximum absolute atomic E-state index is 6.33. The summed E-state index contributed by atoms with van der Waals surface area (Å²) in [6.45, 7) is 3.41. The van der Waals surface area contributed by atoms with E-state index in [4.69, 9.17) is 40.2 Å². The fourth-order valence-electron chi connectivity index (χ4n) is 2.87. The highest BCUT2D eigenvalue weighted by molar-refractivity contribution is 7.80. The number of aromatic nitrogens is 1. The van der Waals surface area contributed by atoms with Crippen LogP contribution in [0.3, 0.4) is 0 Å². The van der Waals surface area contributed by atoms with Crippen LogP contribution in [0.4, 0.5) is 5.69 Å². The molecule has 0 spiro atoms. The third-order valence-electron chi connectivity index (χ3n) is 4.23. The van der Waals surface area contributed by atoms with E-state index in [9.17, 15) is 0 Å². The van der Waals surface area contributed by atoms with Gasteiger partial charge in [-0.15, -0.1) is 0 Å². The van der Waals surface area contributed by atoms with E-state index < -0.39 is 0 Å². The van der Waals surface area contributed by atoms with Crippen LogP contribution in [-0.4, -0.2) is 48.2 Å². The molecular weight excluding hydrogens is 377 g/mol. The standard InChI is InChI=1S/C18H19Cl2N3OS/c1-24-16-7-2-4-13(21-16)12-17(25)23-10-8-22(9-11-23)15-6-3-5-14(19)18(15)20/h2-7H,8-12H2,1H3. The number of piperazine rings is 1. The van der Waals surface area contributed by atoms with Crippen molar-refractivity contribution in [3.05, 3.63) is 52.1 Å². The second-order valence-corrected chi connectivity index (χ2v) is 7.05. The summed E-state index contributed by atoms with van der Waals surface area (Å²) in [7, 11) is 1.62. The SMILES string of the molecule is COc1cccc(CC(=S)N2CCN(c3cccc(Cl)c3Cl)CC2)n1. The molecule has 132 valence electrons. The zero-order valence-electron chi connectivity index (χ0n) is 13.9. The summed E-state index contributed by atoms with van der Waals surface area (Å²) in [5.41, 5.74) is 1.90. The molecule has 1 aliphatic rings. The normalized spacial score (nSPS) is 14.5. The van der Waals surface area contributed by atoms with Crippen LogP contribution < -0.4 is 9.64 Å². The average Bonchev–Trinajstić information content (AvgIpc) is 2.64. The highest BCUT2D eigenvalue weighted by Gasteiger charge is 2.21. The van der Waals surface area contributed by atoms with Crippen molar-refractivity contribution < 1.29 is 4.74 Å². The van der Waals surface area contributed by atoms with Crippen molar-refractivity contribution in [3.63, 3.8) is 0 Å². The fourth-order valence-corrected chi connectivity index (χ4v) is 3.62. The number of rotatable bonds is 4. The molecule has 2 aromatic rings. The van der Waals surface area contributed by atoms with Crippen molar-refractivity contribution in [1.82, 2.24) is 9.88 Å². The van der Waals surface area contributed by atoms with E-state index in [0.29, 0.717) is 22.3 Å². The number of nitrogens with zero attached hydrogens (tertiary/aromatic N) is 3. The summed E-state index contributed by atoms with van der Waals surface area (Å²) >= 11 is 18.1. The lowest BCUT2D eigenvalue weighted by molar-refractivity contribution is 0.385. The van der Waals surface area contributed by atoms with Gasteiger partial charge in [-0.3, -0.25) is 0 Å². The first-order valence-corrected chi connectivity index (χ1v) is 9.21. The van der Waals surface area contributed by atoms with Gasteiger partial charge in [-0.2, -0.15) is 0 Å². The fraction of sp³-hybridized carbons (Fsp3) is 0.333. The maximum atomic E-state index is 6.33. The molecule has 2 heterocycles. The van der Waals surface area contributed by atoms with Gasteiger partial charge in [0.1, 0.15) is 0 Å². The Labute approximate surface area is 163 Å². The van der Waals surface area contributed by atoms with Gasteiger partial charge in [0, 0.05) is 38.7 Å². The van der Waals surface area contributed by atoms with Gasteiger partial charge >= 0.3 is 0 Å². The Balaban J connectivity index is 1.60. The van der Waals surface area contributed by atoms with Crippen LogP contribution in [0.25, 0.3) is 0 Å². The lowest BCUT2D eigenvalue weighted by atomic mass is 10.2. The van der Waals surface area contributed by atoms with Gasteiger partial charge < -0.3 is 14.5 Å².